The summed E-state index contributed by atoms with van der Waals surface area (Å²) in [5.74, 6) is 0.651. The van der Waals surface area contributed by atoms with Gasteiger partial charge in [-0.25, -0.2) is 5.11 Å². The molecule has 0 N–H and O–H groups in total. The van der Waals surface area contributed by atoms with Crippen LogP contribution in [0.15, 0.2) is 30.3 Å². The number of rotatable bonds is 3. The Morgan fingerprint density at radius 3 is 2.60 bits per heavy atom. The van der Waals surface area contributed by atoms with Gasteiger partial charge in [-0.2, -0.15) is 0 Å². The fraction of sp³-hybridized carbons (Fsp3) is 0.125. The number of hydrogen-bond acceptors (Lipinski definition) is 1. The Morgan fingerprint density at radius 1 is 1.30 bits per heavy atom. The maximum Gasteiger partial charge on any atom is 0.227 e. The van der Waals surface area contributed by atoms with Crippen molar-refractivity contribution in [1.29, 1.82) is 0 Å². The Bertz CT molecular complexity index is 172. The second-order valence-corrected chi connectivity index (χ2v) is 1.70. The van der Waals surface area contributed by atoms with Crippen molar-refractivity contribution in [3.8, 4) is 5.75 Å². The van der Waals surface area contributed by atoms with Crippen LogP contribution >= 0.6 is 0 Å². The lowest BCUT2D eigenvalue weighted by molar-refractivity contribution is 0.177. The average Bonchev–Trinajstić information content (AvgIpc) is 2.03. The van der Waals surface area contributed by atoms with Crippen LogP contribution in [0.4, 0.5) is 0 Å². The van der Waals surface area contributed by atoms with Crippen molar-refractivity contribution in [1.82, 2.24) is 0 Å². The van der Waals surface area contributed by atoms with Crippen LogP contribution in [0.1, 0.15) is 0 Å². The molecule has 51 valence electrons. The van der Waals surface area contributed by atoms with E-state index < -0.39 is 6.61 Å². The van der Waals surface area contributed by atoms with Crippen molar-refractivity contribution in [3.63, 3.8) is 0 Å². The van der Waals surface area contributed by atoms with E-state index in [1.807, 2.05) is 18.2 Å². The first-order chi connectivity index (χ1) is 4.93. The van der Waals surface area contributed by atoms with Gasteiger partial charge in [-0.3, -0.25) is 0 Å². The van der Waals surface area contributed by atoms with Gasteiger partial charge < -0.3 is 4.74 Å². The van der Waals surface area contributed by atoms with Crippen molar-refractivity contribution in [2.75, 3.05) is 6.61 Å². The van der Waals surface area contributed by atoms with E-state index in [4.69, 9.17) is 4.74 Å². The first-order valence-electron chi connectivity index (χ1n) is 2.96. The van der Waals surface area contributed by atoms with Crippen LogP contribution in [-0.2, 0) is 5.11 Å². The molecule has 0 amide bonds. The van der Waals surface area contributed by atoms with Crippen molar-refractivity contribution in [2.45, 2.75) is 0 Å². The molecular weight excluding hydrogens is 128 g/mol. The summed E-state index contributed by atoms with van der Waals surface area (Å²) in [5, 5.41) is 9.87. The minimum absolute atomic E-state index is 0.436. The van der Waals surface area contributed by atoms with Gasteiger partial charge in [0.1, 0.15) is 12.4 Å². The van der Waals surface area contributed by atoms with Crippen molar-refractivity contribution in [3.05, 3.63) is 36.9 Å². The van der Waals surface area contributed by atoms with Crippen LogP contribution in [0.5, 0.6) is 5.75 Å². The fourth-order valence-electron chi connectivity index (χ4n) is 0.601. The summed E-state index contributed by atoms with van der Waals surface area (Å²) in [6, 6.07) is 9.08. The van der Waals surface area contributed by atoms with E-state index >= 15 is 0 Å². The predicted octanol–water partition coefficient (Wildman–Crippen LogP) is 1.53. The summed E-state index contributed by atoms with van der Waals surface area (Å²) in [7, 11) is 0. The Kier molecular flexibility index (Phi) is 2.77. The Balaban J connectivity index is 2.43. The zero-order valence-corrected chi connectivity index (χ0v) is 5.41. The molecular formula is C8H7O2. The van der Waals surface area contributed by atoms with E-state index in [9.17, 15) is 5.11 Å². The molecule has 2 nitrogen and oxygen atoms in total. The van der Waals surface area contributed by atoms with Gasteiger partial charge >= 0.3 is 0 Å². The molecule has 0 atom stereocenters. The molecule has 1 rings (SSSR count). The van der Waals surface area contributed by atoms with E-state index in [0.717, 1.165) is 0 Å². The van der Waals surface area contributed by atoms with E-state index in [2.05, 4.69) is 6.61 Å². The van der Waals surface area contributed by atoms with Crippen LogP contribution in [0.2, 0.25) is 0 Å². The molecule has 0 fully saturated rings. The topological polar surface area (TPSA) is 29.1 Å². The number of hydrogen-bond donors (Lipinski definition) is 0. The minimum atomic E-state index is -0.436. The highest BCUT2D eigenvalue weighted by Gasteiger charge is 1.90. The molecule has 2 heteroatoms. The molecule has 0 aromatic heterocycles. The molecule has 0 bridgehead atoms. The molecule has 0 saturated carbocycles. The van der Waals surface area contributed by atoms with Gasteiger partial charge in [0.05, 0.1) is 0 Å². The minimum Gasteiger partial charge on any atom is -0.476 e. The van der Waals surface area contributed by atoms with Gasteiger partial charge in [0.2, 0.25) is 6.61 Å². The zero-order chi connectivity index (χ0) is 7.23. The summed E-state index contributed by atoms with van der Waals surface area (Å²) < 4.78 is 4.79. The van der Waals surface area contributed by atoms with Gasteiger partial charge in [-0.1, -0.05) is 18.2 Å². The van der Waals surface area contributed by atoms with Crippen LogP contribution in [0, 0.1) is 6.61 Å². The van der Waals surface area contributed by atoms with Crippen LogP contribution in [0.25, 0.3) is 0 Å². The van der Waals surface area contributed by atoms with Gasteiger partial charge in [-0.05, 0) is 12.1 Å². The highest BCUT2D eigenvalue weighted by Crippen LogP contribution is 2.08. The van der Waals surface area contributed by atoms with Crippen LogP contribution in [0.3, 0.4) is 0 Å². The Labute approximate surface area is 60.1 Å². The Hall–Kier alpha value is -1.02. The fourth-order valence-corrected chi connectivity index (χ4v) is 0.601. The first kappa shape index (κ1) is 7.09. The molecule has 3 radical (unpaired) electrons. The summed E-state index contributed by atoms with van der Waals surface area (Å²) in [6.07, 6.45) is 0. The molecule has 10 heavy (non-hydrogen) atoms. The standard InChI is InChI=1S/C8H7O2/c9-6-7-10-8-4-2-1-3-5-8/h1-5H,6H2. The van der Waals surface area contributed by atoms with Crippen molar-refractivity contribution < 1.29 is 9.84 Å². The zero-order valence-electron chi connectivity index (χ0n) is 5.41. The Morgan fingerprint density at radius 2 is 2.00 bits per heavy atom. The average molecular weight is 135 g/mol. The highest BCUT2D eigenvalue weighted by molar-refractivity contribution is 5.21. The molecule has 1 aromatic rings. The van der Waals surface area contributed by atoms with Crippen molar-refractivity contribution in [2.24, 2.45) is 0 Å². The molecule has 0 aliphatic carbocycles. The van der Waals surface area contributed by atoms with Crippen LogP contribution < -0.4 is 4.74 Å². The largest absolute Gasteiger partial charge is 0.476 e. The molecule has 0 heterocycles. The number of benzene rings is 1. The third kappa shape index (κ3) is 2.07. The van der Waals surface area contributed by atoms with Gasteiger partial charge in [-0.15, -0.1) is 0 Å². The normalized spacial score (nSPS) is 9.30. The smallest absolute Gasteiger partial charge is 0.227 e. The third-order valence-corrected chi connectivity index (χ3v) is 0.992. The molecule has 0 unspecified atom stereocenters. The predicted molar refractivity (Wildman–Crippen MR) is 35.9 cm³/mol. The van der Waals surface area contributed by atoms with E-state index in [1.165, 1.54) is 0 Å². The van der Waals surface area contributed by atoms with E-state index in [0.29, 0.717) is 5.75 Å². The quantitative estimate of drug-likeness (QED) is 0.618. The summed E-state index contributed by atoms with van der Waals surface area (Å²) in [6.45, 7) is 1.77. The summed E-state index contributed by atoms with van der Waals surface area (Å²) >= 11 is 0. The first-order valence-corrected chi connectivity index (χ1v) is 2.96. The maximum absolute atomic E-state index is 9.87. The molecule has 0 aliphatic rings. The summed E-state index contributed by atoms with van der Waals surface area (Å²) in [5.41, 5.74) is 0. The maximum atomic E-state index is 9.87. The molecule has 1 aromatic carbocycles. The van der Waals surface area contributed by atoms with Gasteiger partial charge in [0.15, 0.2) is 0 Å². The molecule has 0 saturated heterocycles. The van der Waals surface area contributed by atoms with E-state index in [-0.39, 0.29) is 0 Å². The van der Waals surface area contributed by atoms with Gasteiger partial charge in [0, 0.05) is 0 Å². The third-order valence-electron chi connectivity index (χ3n) is 0.992. The van der Waals surface area contributed by atoms with Crippen molar-refractivity contribution >= 4 is 0 Å². The lowest BCUT2D eigenvalue weighted by Crippen LogP contribution is -1.92. The second-order valence-electron chi connectivity index (χ2n) is 1.70. The molecule has 0 spiro atoms. The monoisotopic (exact) mass is 135 g/mol. The summed E-state index contributed by atoms with van der Waals surface area (Å²) in [4.78, 5) is 0. The van der Waals surface area contributed by atoms with E-state index in [1.54, 1.807) is 12.1 Å². The number of ether oxygens (including phenoxy) is 1. The number of para-hydroxylation sites is 1. The molecule has 0 aliphatic heterocycles. The SMILES string of the molecule is [O]C[C]Oc1ccccc1. The lowest BCUT2D eigenvalue weighted by atomic mass is 10.3. The lowest BCUT2D eigenvalue weighted by Gasteiger charge is -1.98. The van der Waals surface area contributed by atoms with Crippen LogP contribution in [-0.4, -0.2) is 6.61 Å². The second kappa shape index (κ2) is 3.90. The highest BCUT2D eigenvalue weighted by atomic mass is 16.5. The van der Waals surface area contributed by atoms with Gasteiger partial charge in [0.25, 0.3) is 0 Å².